The quantitative estimate of drug-likeness (QED) is 0.546. The van der Waals surface area contributed by atoms with Crippen molar-refractivity contribution in [2.45, 2.75) is 18.4 Å². The Hall–Kier alpha value is -0.370. The van der Waals surface area contributed by atoms with Gasteiger partial charge in [0.1, 0.15) is 10.1 Å². The summed E-state index contributed by atoms with van der Waals surface area (Å²) in [5.41, 5.74) is 1.83. The van der Waals surface area contributed by atoms with Crippen molar-refractivity contribution in [2.24, 2.45) is 0 Å². The molecule has 0 saturated heterocycles. The SMILES string of the molecule is CCN(Cc1cccc(S(=O)(=O)[O-])c1)c1ccc(Br)cc1.[Na+]. The van der Waals surface area contributed by atoms with Gasteiger partial charge in [-0.15, -0.1) is 0 Å². The van der Waals surface area contributed by atoms with Gasteiger partial charge in [-0.3, -0.25) is 0 Å². The molecule has 0 bridgehead atoms. The second kappa shape index (κ2) is 8.47. The van der Waals surface area contributed by atoms with Crippen LogP contribution < -0.4 is 34.5 Å². The molecule has 22 heavy (non-hydrogen) atoms. The zero-order valence-electron chi connectivity index (χ0n) is 12.5. The standard InChI is InChI=1S/C15H16BrNO3S.Na/c1-2-17(14-8-6-13(16)7-9-14)11-12-4-3-5-15(10-12)21(18,19)20;/h3-10H,2,11H2,1H3,(H,18,19,20);/q;+1/p-1. The van der Waals surface area contributed by atoms with Crippen LogP contribution in [0.5, 0.6) is 0 Å². The molecule has 0 aromatic heterocycles. The maximum absolute atomic E-state index is 11.1. The zero-order chi connectivity index (χ0) is 15.5. The molecule has 0 heterocycles. The Bertz CT molecular complexity index is 720. The van der Waals surface area contributed by atoms with E-state index in [9.17, 15) is 13.0 Å². The minimum atomic E-state index is -4.41. The molecule has 0 spiro atoms. The summed E-state index contributed by atoms with van der Waals surface area (Å²) in [6, 6.07) is 14.0. The van der Waals surface area contributed by atoms with Crippen molar-refractivity contribution >= 4 is 31.7 Å². The first-order valence-electron chi connectivity index (χ1n) is 6.45. The summed E-state index contributed by atoms with van der Waals surface area (Å²) in [5, 5.41) is 0. The van der Waals surface area contributed by atoms with Gasteiger partial charge in [0.2, 0.25) is 0 Å². The number of nitrogens with zero attached hydrogens (tertiary/aromatic N) is 1. The average Bonchev–Trinajstić information content (AvgIpc) is 2.45. The van der Waals surface area contributed by atoms with E-state index in [4.69, 9.17) is 0 Å². The maximum atomic E-state index is 11.1. The van der Waals surface area contributed by atoms with Gasteiger partial charge in [0.05, 0.1) is 4.90 Å². The van der Waals surface area contributed by atoms with E-state index in [1.165, 1.54) is 12.1 Å². The van der Waals surface area contributed by atoms with Crippen LogP contribution in [0.1, 0.15) is 12.5 Å². The van der Waals surface area contributed by atoms with Crippen LogP contribution in [0.3, 0.4) is 0 Å². The van der Waals surface area contributed by atoms with E-state index in [0.717, 1.165) is 22.3 Å². The van der Waals surface area contributed by atoms with Gasteiger partial charge in [0.25, 0.3) is 0 Å². The van der Waals surface area contributed by atoms with Gasteiger partial charge in [-0.25, -0.2) is 8.42 Å². The van der Waals surface area contributed by atoms with Crippen molar-refractivity contribution in [3.05, 3.63) is 58.6 Å². The molecular weight excluding hydrogens is 377 g/mol. The van der Waals surface area contributed by atoms with Crippen LogP contribution in [-0.2, 0) is 16.7 Å². The summed E-state index contributed by atoms with van der Waals surface area (Å²) < 4.78 is 34.2. The Morgan fingerprint density at radius 2 is 1.77 bits per heavy atom. The second-order valence-corrected chi connectivity index (χ2v) is 6.89. The first kappa shape index (κ1) is 19.7. The van der Waals surface area contributed by atoms with Gasteiger partial charge >= 0.3 is 29.6 Å². The van der Waals surface area contributed by atoms with Gasteiger partial charge < -0.3 is 9.45 Å². The van der Waals surface area contributed by atoms with Gasteiger partial charge in [0.15, 0.2) is 0 Å². The van der Waals surface area contributed by atoms with Crippen LogP contribution in [0.2, 0.25) is 0 Å². The average molecular weight is 392 g/mol. The molecule has 0 fully saturated rings. The van der Waals surface area contributed by atoms with Crippen molar-refractivity contribution in [3.8, 4) is 0 Å². The number of anilines is 1. The summed E-state index contributed by atoms with van der Waals surface area (Å²) in [6.45, 7) is 3.34. The second-order valence-electron chi connectivity index (χ2n) is 4.59. The Balaban J connectivity index is 0.00000242. The first-order valence-corrected chi connectivity index (χ1v) is 8.65. The van der Waals surface area contributed by atoms with Crippen molar-refractivity contribution in [1.29, 1.82) is 0 Å². The molecule has 0 aliphatic rings. The van der Waals surface area contributed by atoms with Crippen molar-refractivity contribution in [2.75, 3.05) is 11.4 Å². The molecule has 0 amide bonds. The van der Waals surface area contributed by atoms with E-state index in [1.54, 1.807) is 6.07 Å². The number of hydrogen-bond donors (Lipinski definition) is 0. The number of halogens is 1. The molecule has 4 nitrogen and oxygen atoms in total. The summed E-state index contributed by atoms with van der Waals surface area (Å²) in [7, 11) is -4.41. The fourth-order valence-electron chi connectivity index (χ4n) is 2.06. The van der Waals surface area contributed by atoms with Crippen molar-refractivity contribution < 1.29 is 42.5 Å². The van der Waals surface area contributed by atoms with Gasteiger partial charge in [0, 0.05) is 23.2 Å². The predicted molar refractivity (Wildman–Crippen MR) is 85.3 cm³/mol. The van der Waals surface area contributed by atoms with E-state index in [1.807, 2.05) is 37.3 Å². The summed E-state index contributed by atoms with van der Waals surface area (Å²) in [4.78, 5) is 1.91. The summed E-state index contributed by atoms with van der Waals surface area (Å²) >= 11 is 3.39. The summed E-state index contributed by atoms with van der Waals surface area (Å²) in [5.74, 6) is 0. The third kappa shape index (κ3) is 5.37. The van der Waals surface area contributed by atoms with E-state index >= 15 is 0 Å². The van der Waals surface area contributed by atoms with Gasteiger partial charge in [-0.1, -0.05) is 28.1 Å². The first-order chi connectivity index (χ1) is 9.90. The molecular formula is C15H15BrNNaO3S. The molecule has 2 rings (SSSR count). The van der Waals surface area contributed by atoms with E-state index in [-0.39, 0.29) is 34.5 Å². The molecule has 2 aromatic rings. The molecule has 0 radical (unpaired) electrons. The molecule has 0 saturated carbocycles. The Kier molecular flexibility index (Phi) is 7.58. The number of benzene rings is 2. The van der Waals surface area contributed by atoms with Crippen LogP contribution in [0.4, 0.5) is 5.69 Å². The minimum absolute atomic E-state index is 0. The minimum Gasteiger partial charge on any atom is -0.744 e. The molecule has 2 aromatic carbocycles. The van der Waals surface area contributed by atoms with Crippen LogP contribution in [0.15, 0.2) is 57.9 Å². The van der Waals surface area contributed by atoms with Crippen LogP contribution in [0, 0.1) is 0 Å². The number of rotatable bonds is 5. The molecule has 112 valence electrons. The zero-order valence-corrected chi connectivity index (χ0v) is 16.9. The van der Waals surface area contributed by atoms with E-state index in [0.29, 0.717) is 6.54 Å². The van der Waals surface area contributed by atoms with E-state index in [2.05, 4.69) is 20.8 Å². The van der Waals surface area contributed by atoms with Crippen molar-refractivity contribution in [3.63, 3.8) is 0 Å². The number of hydrogen-bond acceptors (Lipinski definition) is 4. The third-order valence-electron chi connectivity index (χ3n) is 3.13. The molecule has 0 aliphatic carbocycles. The molecule has 7 heteroatoms. The van der Waals surface area contributed by atoms with Crippen LogP contribution in [-0.4, -0.2) is 19.5 Å². The topological polar surface area (TPSA) is 60.4 Å². The predicted octanol–water partition coefficient (Wildman–Crippen LogP) is 0.384. The van der Waals surface area contributed by atoms with Crippen LogP contribution in [0.25, 0.3) is 0 Å². The molecule has 0 unspecified atom stereocenters. The Labute approximate surface area is 161 Å². The van der Waals surface area contributed by atoms with Gasteiger partial charge in [-0.05, 0) is 48.9 Å². The Morgan fingerprint density at radius 1 is 1.14 bits per heavy atom. The maximum Gasteiger partial charge on any atom is 1.00 e. The fourth-order valence-corrected chi connectivity index (χ4v) is 2.86. The monoisotopic (exact) mass is 391 g/mol. The largest absolute Gasteiger partial charge is 1.00 e. The van der Waals surface area contributed by atoms with Crippen molar-refractivity contribution in [1.82, 2.24) is 0 Å². The molecule has 0 aliphatic heterocycles. The van der Waals surface area contributed by atoms with Gasteiger partial charge in [-0.2, -0.15) is 0 Å². The Morgan fingerprint density at radius 3 is 2.32 bits per heavy atom. The third-order valence-corrected chi connectivity index (χ3v) is 4.49. The smallest absolute Gasteiger partial charge is 0.744 e. The van der Waals surface area contributed by atoms with E-state index < -0.39 is 10.1 Å². The molecule has 0 atom stereocenters. The fraction of sp³-hybridized carbons (Fsp3) is 0.200. The summed E-state index contributed by atoms with van der Waals surface area (Å²) in [6.07, 6.45) is 0. The molecule has 0 N–H and O–H groups in total. The van der Waals surface area contributed by atoms with Crippen LogP contribution >= 0.6 is 15.9 Å². The normalized spacial score (nSPS) is 10.9.